The Bertz CT molecular complexity index is 645. The van der Waals surface area contributed by atoms with Crippen molar-refractivity contribution in [3.05, 3.63) is 59.7 Å². The van der Waals surface area contributed by atoms with E-state index in [1.165, 1.54) is 37.5 Å². The Labute approximate surface area is 131 Å². The molecule has 2 rings (SSSR count). The number of carbonyl (C=O) groups excluding carboxylic acids is 1. The number of nitrogens with one attached hydrogen (secondary N) is 1. The molecule has 23 heavy (non-hydrogen) atoms. The number of hydrogen-bond donors (Lipinski definition) is 3. The number of aromatic carboxylic acids is 1. The number of pyridine rings is 1. The average Bonchev–Trinajstić information content (AvgIpc) is 2.55. The second kappa shape index (κ2) is 8.98. The number of ether oxygens (including phenoxy) is 1. The van der Waals surface area contributed by atoms with Crippen LogP contribution in [0.25, 0.3) is 0 Å². The van der Waals surface area contributed by atoms with Crippen LogP contribution in [-0.4, -0.2) is 29.1 Å². The maximum Gasteiger partial charge on any atom is 0.354 e. The van der Waals surface area contributed by atoms with Crippen LogP contribution in [0.5, 0.6) is 5.75 Å². The Morgan fingerprint density at radius 1 is 1.26 bits per heavy atom. The monoisotopic (exact) mass is 321 g/mol. The van der Waals surface area contributed by atoms with E-state index in [-0.39, 0.29) is 18.1 Å². The summed E-state index contributed by atoms with van der Waals surface area (Å²) in [5.74, 6) is -0.921. The molecule has 1 heterocycles. The quantitative estimate of drug-likeness (QED) is 0.794. The first-order chi connectivity index (χ1) is 10.9. The molecule has 4 N–H and O–H groups in total. The zero-order valence-electron chi connectivity index (χ0n) is 12.3. The second-order valence-electron chi connectivity index (χ2n) is 4.21. The van der Waals surface area contributed by atoms with Crippen molar-refractivity contribution in [1.29, 1.82) is 0 Å². The van der Waals surface area contributed by atoms with Gasteiger partial charge in [-0.05, 0) is 29.8 Å². The molecule has 1 aromatic heterocycles. The van der Waals surface area contributed by atoms with Crippen LogP contribution >= 0.6 is 0 Å². The molecule has 1 aromatic carbocycles. The molecule has 0 radical (unpaired) electrons. The van der Waals surface area contributed by atoms with Crippen LogP contribution in [0.15, 0.2) is 42.6 Å². The normalized spacial score (nSPS) is 9.30. The number of primary amides is 1. The minimum absolute atomic E-state index is 0.0378. The van der Waals surface area contributed by atoms with E-state index in [1.807, 2.05) is 0 Å². The minimum Gasteiger partial charge on any atom is -0.487 e. The van der Waals surface area contributed by atoms with Gasteiger partial charge in [-0.3, -0.25) is 0 Å². The van der Waals surface area contributed by atoms with Gasteiger partial charge in [0.25, 0.3) is 0 Å². The first-order valence-electron chi connectivity index (χ1n) is 6.46. The molecule has 2 aromatic rings. The number of benzene rings is 1. The van der Waals surface area contributed by atoms with E-state index in [4.69, 9.17) is 9.84 Å². The zero-order valence-corrected chi connectivity index (χ0v) is 12.3. The summed E-state index contributed by atoms with van der Waals surface area (Å²) >= 11 is 0. The molecular weight excluding hydrogens is 305 g/mol. The van der Waals surface area contributed by atoms with Crippen molar-refractivity contribution in [2.24, 2.45) is 5.73 Å². The van der Waals surface area contributed by atoms with Gasteiger partial charge in [-0.15, -0.1) is 0 Å². The molecule has 0 aliphatic heterocycles. The van der Waals surface area contributed by atoms with E-state index in [0.717, 1.165) is 5.56 Å². The van der Waals surface area contributed by atoms with Gasteiger partial charge in [-0.2, -0.15) is 0 Å². The van der Waals surface area contributed by atoms with E-state index >= 15 is 0 Å². The van der Waals surface area contributed by atoms with Crippen LogP contribution in [-0.2, 0) is 6.61 Å². The number of aromatic nitrogens is 1. The van der Waals surface area contributed by atoms with Crippen molar-refractivity contribution in [2.75, 3.05) is 7.05 Å². The third-order valence-electron chi connectivity index (χ3n) is 2.52. The molecule has 0 saturated carbocycles. The predicted octanol–water partition coefficient (Wildman–Crippen LogP) is 1.78. The number of amides is 2. The van der Waals surface area contributed by atoms with Crippen molar-refractivity contribution in [3.8, 4) is 5.75 Å². The first kappa shape index (κ1) is 17.9. The first-order valence-corrected chi connectivity index (χ1v) is 6.46. The number of carboxylic acid groups (broad SMARTS) is 1. The number of hydrogen-bond acceptors (Lipinski definition) is 4. The highest BCUT2D eigenvalue weighted by molar-refractivity contribution is 5.85. The number of nitrogens with zero attached hydrogens (tertiary/aromatic N) is 1. The summed E-state index contributed by atoms with van der Waals surface area (Å²) in [4.78, 5) is 23.8. The molecule has 0 spiro atoms. The smallest absolute Gasteiger partial charge is 0.354 e. The molecule has 122 valence electrons. The largest absolute Gasteiger partial charge is 0.487 e. The average molecular weight is 321 g/mol. The number of carbonyl (C=O) groups is 2. The van der Waals surface area contributed by atoms with E-state index in [1.54, 1.807) is 12.1 Å². The van der Waals surface area contributed by atoms with Gasteiger partial charge in [0.15, 0.2) is 0 Å². The molecule has 0 unspecified atom stereocenters. The van der Waals surface area contributed by atoms with Crippen LogP contribution in [0.3, 0.4) is 0 Å². The van der Waals surface area contributed by atoms with Crippen molar-refractivity contribution in [2.45, 2.75) is 6.61 Å². The predicted molar refractivity (Wildman–Crippen MR) is 80.6 cm³/mol. The molecule has 0 aliphatic rings. The molecule has 0 fully saturated rings. The van der Waals surface area contributed by atoms with Crippen molar-refractivity contribution >= 4 is 12.0 Å². The highest BCUT2D eigenvalue weighted by Gasteiger charge is 2.04. The minimum atomic E-state index is -1.08. The Morgan fingerprint density at radius 2 is 1.87 bits per heavy atom. The van der Waals surface area contributed by atoms with E-state index in [9.17, 15) is 14.0 Å². The summed E-state index contributed by atoms with van der Waals surface area (Å²) in [7, 11) is 1.47. The number of carboxylic acids is 1. The van der Waals surface area contributed by atoms with E-state index in [0.29, 0.717) is 5.75 Å². The van der Waals surface area contributed by atoms with Gasteiger partial charge in [0, 0.05) is 7.05 Å². The summed E-state index contributed by atoms with van der Waals surface area (Å²) in [6.45, 7) is 0.272. The highest BCUT2D eigenvalue weighted by atomic mass is 19.1. The fraction of sp³-hybridized carbons (Fsp3) is 0.133. The lowest BCUT2D eigenvalue weighted by atomic mass is 10.2. The van der Waals surface area contributed by atoms with Gasteiger partial charge < -0.3 is 20.9 Å². The van der Waals surface area contributed by atoms with Crippen LogP contribution in [0.2, 0.25) is 0 Å². The molecular formula is C15H16FN3O4. The number of nitrogens with two attached hydrogens (primary N) is 1. The summed E-state index contributed by atoms with van der Waals surface area (Å²) in [6.07, 6.45) is 1.34. The number of urea groups is 1. The number of rotatable bonds is 4. The third-order valence-corrected chi connectivity index (χ3v) is 2.52. The summed E-state index contributed by atoms with van der Waals surface area (Å²) < 4.78 is 18.1. The summed E-state index contributed by atoms with van der Waals surface area (Å²) in [5.41, 5.74) is 5.32. The van der Waals surface area contributed by atoms with E-state index in [2.05, 4.69) is 16.0 Å². The molecule has 8 heteroatoms. The fourth-order valence-electron chi connectivity index (χ4n) is 1.34. The molecule has 0 bridgehead atoms. The standard InChI is InChI=1S/C13H10FNO3.C2H6N2O/c14-10-3-1-9(2-4-10)8-18-11-5-6-12(13(16)17)15-7-11;1-4-2(3)5/h1-7H,8H2,(H,16,17);1H3,(H3,3,4,5). The van der Waals surface area contributed by atoms with Gasteiger partial charge in [0.05, 0.1) is 6.20 Å². The van der Waals surface area contributed by atoms with Gasteiger partial charge in [0.2, 0.25) is 0 Å². The van der Waals surface area contributed by atoms with Crippen molar-refractivity contribution < 1.29 is 23.8 Å². The van der Waals surface area contributed by atoms with Gasteiger partial charge >= 0.3 is 12.0 Å². The maximum absolute atomic E-state index is 12.7. The van der Waals surface area contributed by atoms with Gasteiger partial charge in [-0.1, -0.05) is 12.1 Å². The third kappa shape index (κ3) is 6.89. The molecule has 7 nitrogen and oxygen atoms in total. The zero-order chi connectivity index (χ0) is 17.2. The molecule has 0 aliphatic carbocycles. The lowest BCUT2D eigenvalue weighted by molar-refractivity contribution is 0.0690. The highest BCUT2D eigenvalue weighted by Crippen LogP contribution is 2.12. The Balaban J connectivity index is 0.000000463. The molecule has 2 amide bonds. The van der Waals surface area contributed by atoms with Crippen LogP contribution in [0.4, 0.5) is 9.18 Å². The van der Waals surface area contributed by atoms with Crippen molar-refractivity contribution in [3.63, 3.8) is 0 Å². The lowest BCUT2D eigenvalue weighted by Crippen LogP contribution is -2.24. The lowest BCUT2D eigenvalue weighted by Gasteiger charge is -2.05. The summed E-state index contributed by atoms with van der Waals surface area (Å²) in [6, 6.07) is 8.34. The fourth-order valence-corrected chi connectivity index (χ4v) is 1.34. The van der Waals surface area contributed by atoms with Crippen LogP contribution < -0.4 is 15.8 Å². The second-order valence-corrected chi connectivity index (χ2v) is 4.21. The number of halogens is 1. The summed E-state index contributed by atoms with van der Waals surface area (Å²) in [5, 5.41) is 10.8. The molecule has 0 saturated heterocycles. The van der Waals surface area contributed by atoms with Gasteiger partial charge in [-0.25, -0.2) is 19.0 Å². The Kier molecular flexibility index (Phi) is 6.99. The van der Waals surface area contributed by atoms with Crippen molar-refractivity contribution in [1.82, 2.24) is 10.3 Å². The van der Waals surface area contributed by atoms with Crippen LogP contribution in [0, 0.1) is 5.82 Å². The van der Waals surface area contributed by atoms with Crippen LogP contribution in [0.1, 0.15) is 16.1 Å². The SMILES string of the molecule is CNC(N)=O.O=C(O)c1ccc(OCc2ccc(F)cc2)cn1. The Morgan fingerprint density at radius 3 is 2.30 bits per heavy atom. The Hall–Kier alpha value is -3.16. The van der Waals surface area contributed by atoms with Gasteiger partial charge in [0.1, 0.15) is 23.9 Å². The maximum atomic E-state index is 12.7. The van der Waals surface area contributed by atoms with E-state index < -0.39 is 12.0 Å². The topological polar surface area (TPSA) is 115 Å². The molecule has 0 atom stereocenters.